The van der Waals surface area contributed by atoms with Gasteiger partial charge in [0.05, 0.1) is 21.5 Å². The van der Waals surface area contributed by atoms with Crippen molar-refractivity contribution in [2.45, 2.75) is 0 Å². The molecule has 0 spiro atoms. The molecule has 0 unspecified atom stereocenters. The van der Waals surface area contributed by atoms with E-state index in [0.29, 0.717) is 5.75 Å². The number of aromatic amines is 2. The number of para-hydroxylation sites is 1. The van der Waals surface area contributed by atoms with Crippen LogP contribution in [0, 0.1) is 0 Å². The first-order valence-corrected chi connectivity index (χ1v) is 6.71. The van der Waals surface area contributed by atoms with E-state index in [1.807, 2.05) is 0 Å². The molecule has 0 fully saturated rings. The molecule has 0 saturated carbocycles. The lowest BCUT2D eigenvalue weighted by Gasteiger charge is -2.06. The average Bonchev–Trinajstić information content (AvgIpc) is 2.97. The van der Waals surface area contributed by atoms with Crippen molar-refractivity contribution in [3.8, 4) is 11.5 Å². The molecule has 2 N–H and O–H groups in total. The Labute approximate surface area is 126 Å². The molecule has 7 nitrogen and oxygen atoms in total. The van der Waals surface area contributed by atoms with E-state index in [1.165, 1.54) is 6.07 Å². The minimum atomic E-state index is -0.718. The molecule has 0 aliphatic rings. The lowest BCUT2D eigenvalue weighted by Crippen LogP contribution is -2.08. The highest BCUT2D eigenvalue weighted by molar-refractivity contribution is 6.09. The standard InChI is InChI=1S/C16H8N2O5/c19-13-8-6-9(23-7-4-2-1-3-5-7)11-12(10(8)14(20)17-13)16(22)18-15(11)21/h1-6H,(H,17,19,20)(H,18,21,22). The normalized spacial score (nSPS) is 11.3. The zero-order chi connectivity index (χ0) is 16.1. The first-order chi connectivity index (χ1) is 11.1. The van der Waals surface area contributed by atoms with Gasteiger partial charge < -0.3 is 4.74 Å². The Bertz CT molecular complexity index is 1260. The second-order valence-electron chi connectivity index (χ2n) is 5.03. The topological polar surface area (TPSA) is 109 Å². The molecule has 112 valence electrons. The number of H-pyrrole nitrogens is 2. The molecular formula is C16H8N2O5. The van der Waals surface area contributed by atoms with Crippen LogP contribution >= 0.6 is 0 Å². The van der Waals surface area contributed by atoms with Gasteiger partial charge in [-0.25, -0.2) is 0 Å². The number of fused-ring (bicyclic) bond motifs is 3. The van der Waals surface area contributed by atoms with Crippen molar-refractivity contribution in [1.82, 2.24) is 9.97 Å². The lowest BCUT2D eigenvalue weighted by molar-refractivity contribution is 0.489. The summed E-state index contributed by atoms with van der Waals surface area (Å²) in [7, 11) is 0. The summed E-state index contributed by atoms with van der Waals surface area (Å²) in [5.74, 6) is 0.490. The molecule has 0 bridgehead atoms. The summed E-state index contributed by atoms with van der Waals surface area (Å²) >= 11 is 0. The van der Waals surface area contributed by atoms with Crippen molar-refractivity contribution in [1.29, 1.82) is 0 Å². The molecule has 0 aliphatic heterocycles. The summed E-state index contributed by atoms with van der Waals surface area (Å²) in [5, 5.41) is -0.234. The van der Waals surface area contributed by atoms with Crippen LogP contribution in [-0.2, 0) is 0 Å². The van der Waals surface area contributed by atoms with Crippen LogP contribution in [0.15, 0.2) is 55.6 Å². The van der Waals surface area contributed by atoms with Crippen LogP contribution in [0.25, 0.3) is 21.5 Å². The van der Waals surface area contributed by atoms with Crippen LogP contribution in [0.2, 0.25) is 0 Å². The second kappa shape index (κ2) is 4.51. The van der Waals surface area contributed by atoms with Gasteiger partial charge in [-0.3, -0.25) is 29.1 Å². The van der Waals surface area contributed by atoms with Gasteiger partial charge in [-0.1, -0.05) is 18.2 Å². The van der Waals surface area contributed by atoms with E-state index in [1.54, 1.807) is 30.3 Å². The average molecular weight is 308 g/mol. The van der Waals surface area contributed by atoms with E-state index in [-0.39, 0.29) is 27.3 Å². The summed E-state index contributed by atoms with van der Waals surface area (Å²) in [6, 6.07) is 9.91. The van der Waals surface area contributed by atoms with E-state index in [0.717, 1.165) is 0 Å². The van der Waals surface area contributed by atoms with Crippen molar-refractivity contribution in [2.75, 3.05) is 0 Å². The van der Waals surface area contributed by atoms with Crippen molar-refractivity contribution in [3.63, 3.8) is 0 Å². The van der Waals surface area contributed by atoms with Gasteiger partial charge in [-0.2, -0.15) is 0 Å². The molecule has 7 heteroatoms. The van der Waals surface area contributed by atoms with Crippen LogP contribution in [0.3, 0.4) is 0 Å². The maximum absolute atomic E-state index is 12.0. The molecule has 4 rings (SSSR count). The molecular weight excluding hydrogens is 300 g/mol. The third-order valence-corrected chi connectivity index (χ3v) is 3.64. The monoisotopic (exact) mass is 308 g/mol. The van der Waals surface area contributed by atoms with Crippen LogP contribution in [0.5, 0.6) is 11.5 Å². The van der Waals surface area contributed by atoms with Gasteiger partial charge in [0.1, 0.15) is 11.5 Å². The zero-order valence-corrected chi connectivity index (χ0v) is 11.5. The number of hydrogen-bond acceptors (Lipinski definition) is 5. The van der Waals surface area contributed by atoms with Crippen LogP contribution in [0.4, 0.5) is 0 Å². The molecule has 0 radical (unpaired) electrons. The summed E-state index contributed by atoms with van der Waals surface area (Å²) in [6.07, 6.45) is 0. The fraction of sp³-hybridized carbons (Fsp3) is 0. The second-order valence-corrected chi connectivity index (χ2v) is 5.03. The molecule has 2 aromatic heterocycles. The Morgan fingerprint density at radius 2 is 1.30 bits per heavy atom. The number of benzene rings is 2. The SMILES string of the molecule is O=c1[nH]c(=O)c2c1cc(Oc1ccccc1)c1c(=O)[nH]c(=O)c12. The number of aromatic nitrogens is 2. The molecule has 23 heavy (non-hydrogen) atoms. The Morgan fingerprint density at radius 1 is 0.696 bits per heavy atom. The largest absolute Gasteiger partial charge is 0.456 e. The van der Waals surface area contributed by atoms with Crippen molar-refractivity contribution in [2.24, 2.45) is 0 Å². The van der Waals surface area contributed by atoms with Gasteiger partial charge in [-0.15, -0.1) is 0 Å². The number of hydrogen-bond donors (Lipinski definition) is 2. The van der Waals surface area contributed by atoms with Crippen LogP contribution in [0.1, 0.15) is 0 Å². The van der Waals surface area contributed by atoms with E-state index in [4.69, 9.17) is 4.74 Å². The lowest BCUT2D eigenvalue weighted by atomic mass is 10.1. The minimum Gasteiger partial charge on any atom is -0.456 e. The molecule has 4 aromatic rings. The van der Waals surface area contributed by atoms with Gasteiger partial charge >= 0.3 is 0 Å². The first kappa shape index (κ1) is 13.2. The summed E-state index contributed by atoms with van der Waals surface area (Å²) < 4.78 is 5.64. The van der Waals surface area contributed by atoms with Crippen LogP contribution in [-0.4, -0.2) is 9.97 Å². The molecule has 0 atom stereocenters. The van der Waals surface area contributed by atoms with Gasteiger partial charge in [0.2, 0.25) is 0 Å². The highest BCUT2D eigenvalue weighted by Crippen LogP contribution is 2.30. The number of ether oxygens (including phenoxy) is 1. The Kier molecular flexibility index (Phi) is 2.59. The predicted molar refractivity (Wildman–Crippen MR) is 84.1 cm³/mol. The number of nitrogens with one attached hydrogen (secondary N) is 2. The van der Waals surface area contributed by atoms with Crippen molar-refractivity contribution < 1.29 is 4.74 Å². The van der Waals surface area contributed by atoms with Gasteiger partial charge in [-0.05, 0) is 18.2 Å². The molecule has 0 saturated heterocycles. The quantitative estimate of drug-likeness (QED) is 0.568. The Morgan fingerprint density at radius 3 is 2.04 bits per heavy atom. The zero-order valence-electron chi connectivity index (χ0n) is 11.5. The van der Waals surface area contributed by atoms with Gasteiger partial charge in [0.25, 0.3) is 22.2 Å². The minimum absolute atomic E-state index is 0.0181. The predicted octanol–water partition coefficient (Wildman–Crippen LogP) is 0.758. The smallest absolute Gasteiger partial charge is 0.262 e. The van der Waals surface area contributed by atoms with Crippen molar-refractivity contribution >= 4 is 21.5 Å². The van der Waals surface area contributed by atoms with Crippen LogP contribution < -0.4 is 27.0 Å². The molecule has 0 amide bonds. The van der Waals surface area contributed by atoms with E-state index < -0.39 is 22.2 Å². The molecule has 2 aromatic carbocycles. The fourth-order valence-electron chi connectivity index (χ4n) is 2.68. The molecule has 0 aliphatic carbocycles. The summed E-state index contributed by atoms with van der Waals surface area (Å²) in [4.78, 5) is 52.1. The Hall–Kier alpha value is -3.48. The first-order valence-electron chi connectivity index (χ1n) is 6.71. The van der Waals surface area contributed by atoms with E-state index in [2.05, 4.69) is 9.97 Å². The fourth-order valence-corrected chi connectivity index (χ4v) is 2.68. The molecule has 2 heterocycles. The van der Waals surface area contributed by atoms with Gasteiger partial charge in [0, 0.05) is 0 Å². The summed E-state index contributed by atoms with van der Waals surface area (Å²) in [5.41, 5.74) is -2.70. The third-order valence-electron chi connectivity index (χ3n) is 3.64. The highest BCUT2D eigenvalue weighted by atomic mass is 16.5. The van der Waals surface area contributed by atoms with Crippen molar-refractivity contribution in [3.05, 3.63) is 77.8 Å². The number of rotatable bonds is 2. The third kappa shape index (κ3) is 1.83. The highest BCUT2D eigenvalue weighted by Gasteiger charge is 2.21. The maximum Gasteiger partial charge on any atom is 0.262 e. The van der Waals surface area contributed by atoms with Gasteiger partial charge in [0.15, 0.2) is 0 Å². The Balaban J connectivity index is 2.17. The summed E-state index contributed by atoms with van der Waals surface area (Å²) in [6.45, 7) is 0. The maximum atomic E-state index is 12.0. The van der Waals surface area contributed by atoms with E-state index >= 15 is 0 Å². The van der Waals surface area contributed by atoms with E-state index in [9.17, 15) is 19.2 Å².